The zero-order chi connectivity index (χ0) is 15.8. The van der Waals surface area contributed by atoms with E-state index < -0.39 is 10.0 Å². The van der Waals surface area contributed by atoms with Crippen molar-refractivity contribution in [3.63, 3.8) is 0 Å². The van der Waals surface area contributed by atoms with E-state index in [9.17, 15) is 8.42 Å². The number of sulfonamides is 1. The van der Waals surface area contributed by atoms with Gasteiger partial charge in [-0.05, 0) is 12.1 Å². The Hall–Kier alpha value is -1.64. The molecular formula is C12H13ClN4O2S2. The highest BCUT2D eigenvalue weighted by Gasteiger charge is 2.28. The van der Waals surface area contributed by atoms with Gasteiger partial charge in [-0.25, -0.2) is 0 Å². The summed E-state index contributed by atoms with van der Waals surface area (Å²) >= 11 is 10.8. The van der Waals surface area contributed by atoms with Crippen LogP contribution in [-0.4, -0.2) is 30.2 Å². The first-order chi connectivity index (χ1) is 9.75. The molecule has 0 aliphatic heterocycles. The summed E-state index contributed by atoms with van der Waals surface area (Å²) in [5.74, 6) is 0. The highest BCUT2D eigenvalue weighted by molar-refractivity contribution is 7.92. The third-order valence-electron chi connectivity index (χ3n) is 2.94. The molecule has 0 aliphatic rings. The van der Waals surface area contributed by atoms with E-state index in [1.807, 2.05) is 0 Å². The molecule has 0 saturated carbocycles. The van der Waals surface area contributed by atoms with Crippen molar-refractivity contribution in [2.24, 2.45) is 12.8 Å². The fourth-order valence-electron chi connectivity index (χ4n) is 1.81. The van der Waals surface area contributed by atoms with Crippen LogP contribution >= 0.6 is 23.8 Å². The van der Waals surface area contributed by atoms with Crippen LogP contribution < -0.4 is 10.0 Å². The Labute approximate surface area is 133 Å². The first kappa shape index (κ1) is 15.7. The lowest BCUT2D eigenvalue weighted by atomic mass is 10.2. The highest BCUT2D eigenvalue weighted by Crippen LogP contribution is 2.27. The summed E-state index contributed by atoms with van der Waals surface area (Å²) in [6.45, 7) is 0. The van der Waals surface area contributed by atoms with E-state index in [2.05, 4.69) is 5.10 Å². The van der Waals surface area contributed by atoms with Gasteiger partial charge in [0.25, 0.3) is 10.0 Å². The van der Waals surface area contributed by atoms with E-state index in [-0.39, 0.29) is 15.0 Å². The first-order valence-corrected chi connectivity index (χ1v) is 8.04. The van der Waals surface area contributed by atoms with Crippen molar-refractivity contribution in [1.29, 1.82) is 0 Å². The second-order valence-corrected chi connectivity index (χ2v) is 7.04. The predicted octanol–water partition coefficient (Wildman–Crippen LogP) is 1.53. The average Bonchev–Trinajstić information content (AvgIpc) is 2.77. The Morgan fingerprint density at radius 3 is 2.67 bits per heavy atom. The van der Waals surface area contributed by atoms with Gasteiger partial charge in [-0.15, -0.1) is 0 Å². The standard InChI is InChI=1S/C12H13ClN4O2S2/c1-16-12(10(13)7-15-16)21(18,19)17(2)9-5-3-4-8(6-9)11(14)20/h3-7H,1-2H3,(H2,14,20). The van der Waals surface area contributed by atoms with Crippen LogP contribution in [0.3, 0.4) is 0 Å². The molecule has 2 N–H and O–H groups in total. The number of rotatable bonds is 4. The van der Waals surface area contributed by atoms with Gasteiger partial charge in [0.15, 0.2) is 5.03 Å². The van der Waals surface area contributed by atoms with Crippen molar-refractivity contribution in [3.05, 3.63) is 41.0 Å². The van der Waals surface area contributed by atoms with Crippen molar-refractivity contribution in [1.82, 2.24) is 9.78 Å². The Morgan fingerprint density at radius 2 is 2.14 bits per heavy atom. The van der Waals surface area contributed by atoms with E-state index in [1.165, 1.54) is 25.0 Å². The lowest BCUT2D eigenvalue weighted by molar-refractivity contribution is 0.575. The molecule has 1 heterocycles. The lowest BCUT2D eigenvalue weighted by Gasteiger charge is -2.20. The Bertz CT molecular complexity index is 782. The summed E-state index contributed by atoms with van der Waals surface area (Å²) in [5.41, 5.74) is 6.58. The third-order valence-corrected chi connectivity index (χ3v) is 5.47. The maximum Gasteiger partial charge on any atom is 0.282 e. The number of nitrogens with zero attached hydrogens (tertiary/aromatic N) is 3. The van der Waals surface area contributed by atoms with Crippen LogP contribution in [0.2, 0.25) is 5.02 Å². The molecule has 0 radical (unpaired) electrons. The Balaban J connectivity index is 2.51. The van der Waals surface area contributed by atoms with Gasteiger partial charge in [0, 0.05) is 19.7 Å². The summed E-state index contributed by atoms with van der Waals surface area (Å²) in [6, 6.07) is 6.64. The van der Waals surface area contributed by atoms with Gasteiger partial charge in [-0.1, -0.05) is 36.0 Å². The van der Waals surface area contributed by atoms with Gasteiger partial charge in [0.05, 0.1) is 16.9 Å². The van der Waals surface area contributed by atoms with Crippen LogP contribution in [0.15, 0.2) is 35.5 Å². The number of nitrogens with two attached hydrogens (primary N) is 1. The van der Waals surface area contributed by atoms with Gasteiger partial charge in [-0.3, -0.25) is 8.99 Å². The number of halogens is 1. The molecule has 0 fully saturated rings. The molecule has 9 heteroatoms. The molecule has 0 saturated heterocycles. The molecule has 1 aromatic carbocycles. The molecule has 6 nitrogen and oxygen atoms in total. The number of benzene rings is 1. The minimum absolute atomic E-state index is 0.0647. The Morgan fingerprint density at radius 1 is 1.48 bits per heavy atom. The zero-order valence-corrected chi connectivity index (χ0v) is 13.7. The van der Waals surface area contributed by atoms with Gasteiger partial charge in [0.1, 0.15) is 4.99 Å². The summed E-state index contributed by atoms with van der Waals surface area (Å²) in [5, 5.41) is 3.83. The second kappa shape index (κ2) is 5.63. The molecule has 0 spiro atoms. The summed E-state index contributed by atoms with van der Waals surface area (Å²) in [4.78, 5) is 0.196. The fraction of sp³-hybridized carbons (Fsp3) is 0.167. The Kier molecular flexibility index (Phi) is 4.22. The molecular weight excluding hydrogens is 332 g/mol. The molecule has 0 aliphatic carbocycles. The van der Waals surface area contributed by atoms with Crippen molar-refractivity contribution >= 4 is 44.5 Å². The molecule has 0 unspecified atom stereocenters. The van der Waals surface area contributed by atoms with Crippen LogP contribution in [0.5, 0.6) is 0 Å². The van der Waals surface area contributed by atoms with Gasteiger partial charge < -0.3 is 5.73 Å². The molecule has 0 amide bonds. The van der Waals surface area contributed by atoms with Crippen molar-refractivity contribution in [2.75, 3.05) is 11.4 Å². The normalized spacial score (nSPS) is 11.4. The van der Waals surface area contributed by atoms with Gasteiger partial charge in [-0.2, -0.15) is 13.5 Å². The molecule has 2 aromatic rings. The van der Waals surface area contributed by atoms with E-state index >= 15 is 0 Å². The van der Waals surface area contributed by atoms with E-state index in [4.69, 9.17) is 29.6 Å². The average molecular weight is 345 g/mol. The number of aromatic nitrogens is 2. The molecule has 1 aromatic heterocycles. The zero-order valence-electron chi connectivity index (χ0n) is 11.3. The van der Waals surface area contributed by atoms with Crippen molar-refractivity contribution < 1.29 is 8.42 Å². The van der Waals surface area contributed by atoms with Crippen LogP contribution in [0, 0.1) is 0 Å². The predicted molar refractivity (Wildman–Crippen MR) is 86.1 cm³/mol. The number of anilines is 1. The number of hydrogen-bond acceptors (Lipinski definition) is 4. The summed E-state index contributed by atoms with van der Waals surface area (Å²) < 4.78 is 27.6. The smallest absolute Gasteiger partial charge is 0.282 e. The lowest BCUT2D eigenvalue weighted by Crippen LogP contribution is -2.29. The van der Waals surface area contributed by atoms with E-state index in [0.717, 1.165) is 4.31 Å². The molecule has 21 heavy (non-hydrogen) atoms. The fourth-order valence-corrected chi connectivity index (χ4v) is 3.73. The summed E-state index contributed by atoms with van der Waals surface area (Å²) in [7, 11) is -0.895. The topological polar surface area (TPSA) is 81.2 Å². The van der Waals surface area contributed by atoms with Gasteiger partial charge >= 0.3 is 0 Å². The monoisotopic (exact) mass is 344 g/mol. The maximum atomic E-state index is 12.6. The number of thiocarbonyl (C=S) groups is 1. The summed E-state index contributed by atoms with van der Waals surface area (Å²) in [6.07, 6.45) is 1.29. The molecule has 0 atom stereocenters. The maximum absolute atomic E-state index is 12.6. The minimum atomic E-state index is -3.83. The van der Waals surface area contributed by atoms with Crippen LogP contribution in [0.4, 0.5) is 5.69 Å². The SMILES string of the molecule is CN(c1cccc(C(N)=S)c1)S(=O)(=O)c1c(Cl)cnn1C. The number of aryl methyl sites for hydroxylation is 1. The molecule has 112 valence electrons. The molecule has 2 rings (SSSR count). The van der Waals surface area contributed by atoms with Crippen molar-refractivity contribution in [3.8, 4) is 0 Å². The van der Waals surface area contributed by atoms with E-state index in [1.54, 1.807) is 24.3 Å². The second-order valence-electron chi connectivity index (χ2n) is 4.31. The highest BCUT2D eigenvalue weighted by atomic mass is 35.5. The van der Waals surface area contributed by atoms with Gasteiger partial charge in [0.2, 0.25) is 0 Å². The van der Waals surface area contributed by atoms with Crippen LogP contribution in [0.25, 0.3) is 0 Å². The van der Waals surface area contributed by atoms with Crippen LogP contribution in [0.1, 0.15) is 5.56 Å². The first-order valence-electron chi connectivity index (χ1n) is 5.81. The van der Waals surface area contributed by atoms with Crippen LogP contribution in [-0.2, 0) is 17.1 Å². The largest absolute Gasteiger partial charge is 0.389 e. The molecule has 0 bridgehead atoms. The minimum Gasteiger partial charge on any atom is -0.389 e. The van der Waals surface area contributed by atoms with Crippen molar-refractivity contribution in [2.45, 2.75) is 5.03 Å². The quantitative estimate of drug-likeness (QED) is 0.851. The number of hydrogen-bond donors (Lipinski definition) is 1. The third kappa shape index (κ3) is 2.87. The van der Waals surface area contributed by atoms with E-state index in [0.29, 0.717) is 11.3 Å².